The van der Waals surface area contributed by atoms with Gasteiger partial charge in [-0.15, -0.1) is 0 Å². The van der Waals surface area contributed by atoms with E-state index in [4.69, 9.17) is 0 Å². The molecule has 0 spiro atoms. The molecular weight excluding hydrogens is 305 g/mol. The molecule has 0 radical (unpaired) electrons. The van der Waals surface area contributed by atoms with E-state index in [2.05, 4.69) is 22.2 Å². The van der Waals surface area contributed by atoms with Gasteiger partial charge < -0.3 is 5.11 Å². The highest BCUT2D eigenvalue weighted by Crippen LogP contribution is 2.52. The van der Waals surface area contributed by atoms with Crippen LogP contribution in [0.25, 0.3) is 11.4 Å². The Labute approximate surface area is 139 Å². The van der Waals surface area contributed by atoms with E-state index in [9.17, 15) is 9.50 Å². The highest BCUT2D eigenvalue weighted by Gasteiger charge is 2.49. The van der Waals surface area contributed by atoms with Crippen LogP contribution in [0, 0.1) is 5.82 Å². The van der Waals surface area contributed by atoms with E-state index in [0.29, 0.717) is 23.8 Å². The summed E-state index contributed by atoms with van der Waals surface area (Å²) in [5.74, 6) is 0.847. The topological polar surface area (TPSA) is 50.9 Å². The largest absolute Gasteiger partial charge is 0.394 e. The summed E-state index contributed by atoms with van der Waals surface area (Å²) in [5.41, 5.74) is 1.42. The lowest BCUT2D eigenvalue weighted by Crippen LogP contribution is -2.12. The Morgan fingerprint density at radius 3 is 2.42 bits per heavy atom. The third kappa shape index (κ3) is 2.41. The summed E-state index contributed by atoms with van der Waals surface area (Å²) < 4.78 is 15.8. The molecule has 0 unspecified atom stereocenters. The second kappa shape index (κ2) is 5.83. The molecule has 1 N–H and O–H groups in total. The van der Waals surface area contributed by atoms with Gasteiger partial charge in [0.2, 0.25) is 0 Å². The smallest absolute Gasteiger partial charge is 0.161 e. The van der Waals surface area contributed by atoms with Crippen molar-refractivity contribution in [3.63, 3.8) is 0 Å². The van der Waals surface area contributed by atoms with Crippen LogP contribution >= 0.6 is 0 Å². The van der Waals surface area contributed by atoms with Crippen molar-refractivity contribution in [1.29, 1.82) is 0 Å². The molecule has 4 nitrogen and oxygen atoms in total. The molecule has 5 heteroatoms. The SMILES string of the molecule is OCCn1nc(C2(c3ccccc3)CC2)nc1-c1ccccc1F. The van der Waals surface area contributed by atoms with Crippen LogP contribution in [0.3, 0.4) is 0 Å². The van der Waals surface area contributed by atoms with E-state index in [1.165, 1.54) is 11.6 Å². The van der Waals surface area contributed by atoms with Gasteiger partial charge in [0.15, 0.2) is 11.6 Å². The molecule has 24 heavy (non-hydrogen) atoms. The number of nitrogens with zero attached hydrogens (tertiary/aromatic N) is 3. The first kappa shape index (κ1) is 15.0. The second-order valence-electron chi connectivity index (χ2n) is 6.13. The first-order chi connectivity index (χ1) is 11.7. The van der Waals surface area contributed by atoms with Crippen molar-refractivity contribution >= 4 is 0 Å². The fourth-order valence-electron chi connectivity index (χ4n) is 3.16. The second-order valence-corrected chi connectivity index (χ2v) is 6.13. The summed E-state index contributed by atoms with van der Waals surface area (Å²) >= 11 is 0. The molecule has 1 heterocycles. The molecule has 0 aliphatic heterocycles. The Morgan fingerprint density at radius 1 is 1.04 bits per heavy atom. The normalized spacial score (nSPS) is 15.4. The molecule has 0 amide bonds. The minimum Gasteiger partial charge on any atom is -0.394 e. The van der Waals surface area contributed by atoms with Crippen LogP contribution < -0.4 is 0 Å². The number of halogens is 1. The number of benzene rings is 2. The van der Waals surface area contributed by atoms with Gasteiger partial charge in [-0.05, 0) is 30.5 Å². The molecule has 2 aromatic carbocycles. The number of hydrogen-bond acceptors (Lipinski definition) is 3. The Hall–Kier alpha value is -2.53. The predicted octanol–water partition coefficient (Wildman–Crippen LogP) is 3.16. The molecule has 1 aromatic heterocycles. The third-order valence-corrected chi connectivity index (χ3v) is 4.60. The minimum atomic E-state index is -0.333. The Bertz CT molecular complexity index is 856. The van der Waals surface area contributed by atoms with Crippen molar-refractivity contribution in [2.45, 2.75) is 24.8 Å². The Balaban J connectivity index is 1.82. The average molecular weight is 323 g/mol. The van der Waals surface area contributed by atoms with E-state index >= 15 is 0 Å². The molecule has 0 bridgehead atoms. The maximum atomic E-state index is 14.2. The van der Waals surface area contributed by atoms with Crippen molar-refractivity contribution in [2.24, 2.45) is 0 Å². The van der Waals surface area contributed by atoms with Crippen molar-refractivity contribution in [2.75, 3.05) is 6.61 Å². The standard InChI is InChI=1S/C19H18FN3O/c20-16-9-5-4-8-15(16)17-21-18(22-23(17)12-13-24)19(10-11-19)14-6-2-1-3-7-14/h1-9,24H,10-13H2. The zero-order chi connectivity index (χ0) is 16.6. The van der Waals surface area contributed by atoms with Crippen LogP contribution in [0.2, 0.25) is 0 Å². The lowest BCUT2D eigenvalue weighted by atomic mass is 9.95. The van der Waals surface area contributed by atoms with Crippen LogP contribution in [0.4, 0.5) is 4.39 Å². The maximum Gasteiger partial charge on any atom is 0.161 e. The van der Waals surface area contributed by atoms with Crippen LogP contribution in [0.5, 0.6) is 0 Å². The van der Waals surface area contributed by atoms with Gasteiger partial charge in [-0.2, -0.15) is 5.10 Å². The summed E-state index contributed by atoms with van der Waals surface area (Å²) in [5, 5.41) is 13.9. The monoisotopic (exact) mass is 323 g/mol. The highest BCUT2D eigenvalue weighted by atomic mass is 19.1. The van der Waals surface area contributed by atoms with Crippen molar-refractivity contribution < 1.29 is 9.50 Å². The molecule has 1 aliphatic rings. The van der Waals surface area contributed by atoms with Gasteiger partial charge in [-0.1, -0.05) is 42.5 Å². The summed E-state index contributed by atoms with van der Waals surface area (Å²) in [6.07, 6.45) is 1.97. The number of aliphatic hydroxyl groups is 1. The quantitative estimate of drug-likeness (QED) is 0.785. The van der Waals surface area contributed by atoms with Gasteiger partial charge in [0.1, 0.15) is 5.82 Å². The Kier molecular flexibility index (Phi) is 3.65. The zero-order valence-corrected chi connectivity index (χ0v) is 13.2. The first-order valence-corrected chi connectivity index (χ1v) is 8.11. The lowest BCUT2D eigenvalue weighted by Gasteiger charge is -2.11. The molecule has 4 rings (SSSR count). The summed E-state index contributed by atoms with van der Waals surface area (Å²) in [6, 6.07) is 16.7. The van der Waals surface area contributed by atoms with Crippen molar-refractivity contribution in [3.05, 3.63) is 71.8 Å². The highest BCUT2D eigenvalue weighted by molar-refractivity contribution is 5.57. The van der Waals surface area contributed by atoms with Gasteiger partial charge in [0.25, 0.3) is 0 Å². The molecule has 1 saturated carbocycles. The molecule has 122 valence electrons. The van der Waals surface area contributed by atoms with Gasteiger partial charge in [0, 0.05) is 0 Å². The summed E-state index contributed by atoms with van der Waals surface area (Å²) in [7, 11) is 0. The summed E-state index contributed by atoms with van der Waals surface area (Å²) in [4.78, 5) is 4.67. The van der Waals surface area contributed by atoms with E-state index in [1.807, 2.05) is 18.2 Å². The van der Waals surface area contributed by atoms with E-state index in [1.54, 1.807) is 22.9 Å². The number of hydrogen-bond donors (Lipinski definition) is 1. The van der Waals surface area contributed by atoms with Crippen molar-refractivity contribution in [1.82, 2.24) is 14.8 Å². The van der Waals surface area contributed by atoms with Gasteiger partial charge in [-0.25, -0.2) is 14.1 Å². The molecule has 0 atom stereocenters. The van der Waals surface area contributed by atoms with E-state index in [-0.39, 0.29) is 17.8 Å². The van der Waals surface area contributed by atoms with Crippen LogP contribution in [0.1, 0.15) is 24.2 Å². The summed E-state index contributed by atoms with van der Waals surface area (Å²) in [6.45, 7) is 0.226. The van der Waals surface area contributed by atoms with Crippen LogP contribution in [-0.2, 0) is 12.0 Å². The lowest BCUT2D eigenvalue weighted by molar-refractivity contribution is 0.269. The molecule has 1 aliphatic carbocycles. The Morgan fingerprint density at radius 2 is 1.75 bits per heavy atom. The fraction of sp³-hybridized carbons (Fsp3) is 0.263. The third-order valence-electron chi connectivity index (χ3n) is 4.60. The zero-order valence-electron chi connectivity index (χ0n) is 13.2. The number of aromatic nitrogens is 3. The number of rotatable bonds is 5. The molecule has 0 saturated heterocycles. The minimum absolute atomic E-state index is 0.0669. The fourth-order valence-corrected chi connectivity index (χ4v) is 3.16. The molecular formula is C19H18FN3O. The number of aliphatic hydroxyl groups excluding tert-OH is 1. The van der Waals surface area contributed by atoms with Gasteiger partial charge in [-0.3, -0.25) is 0 Å². The average Bonchev–Trinajstić information content (AvgIpc) is 3.32. The first-order valence-electron chi connectivity index (χ1n) is 8.11. The van der Waals surface area contributed by atoms with Gasteiger partial charge >= 0.3 is 0 Å². The predicted molar refractivity (Wildman–Crippen MR) is 89.0 cm³/mol. The van der Waals surface area contributed by atoms with Gasteiger partial charge in [0.05, 0.1) is 24.1 Å². The van der Waals surface area contributed by atoms with E-state index < -0.39 is 0 Å². The van der Waals surface area contributed by atoms with E-state index in [0.717, 1.165) is 12.8 Å². The molecule has 1 fully saturated rings. The van der Waals surface area contributed by atoms with Crippen LogP contribution in [0.15, 0.2) is 54.6 Å². The van der Waals surface area contributed by atoms with Crippen molar-refractivity contribution in [3.8, 4) is 11.4 Å². The molecule has 3 aromatic rings. The maximum absolute atomic E-state index is 14.2. The van der Waals surface area contributed by atoms with Crippen LogP contribution in [-0.4, -0.2) is 26.5 Å².